The molecule has 0 radical (unpaired) electrons. The average molecular weight is 443 g/mol. The van der Waals surface area contributed by atoms with Crippen molar-refractivity contribution in [3.05, 3.63) is 40.0 Å². The predicted octanol–water partition coefficient (Wildman–Crippen LogP) is 2.04. The van der Waals surface area contributed by atoms with Crippen LogP contribution in [0.25, 0.3) is 11.4 Å². The second kappa shape index (κ2) is 8.55. The number of halogens is 1. The van der Waals surface area contributed by atoms with E-state index in [1.165, 1.54) is 6.07 Å². The van der Waals surface area contributed by atoms with Crippen LogP contribution >= 0.6 is 0 Å². The topological polar surface area (TPSA) is 127 Å². The minimum absolute atomic E-state index is 0.00965. The maximum atomic E-state index is 14.6. The predicted molar refractivity (Wildman–Crippen MR) is 114 cm³/mol. The molecule has 1 aromatic heterocycles. The normalized spacial score (nSPS) is 27.3. The fourth-order valence-corrected chi connectivity index (χ4v) is 5.15. The molecular formula is C21H26FN7O3. The molecule has 1 saturated heterocycles. The first kappa shape index (κ1) is 21.0. The number of aromatic nitrogens is 3. The van der Waals surface area contributed by atoms with Crippen LogP contribution in [0.1, 0.15) is 44.3 Å². The van der Waals surface area contributed by atoms with E-state index in [1.54, 1.807) is 12.1 Å². The lowest BCUT2D eigenvalue weighted by molar-refractivity contribution is -0.528. The zero-order valence-corrected chi connectivity index (χ0v) is 17.6. The van der Waals surface area contributed by atoms with Crippen LogP contribution in [0.2, 0.25) is 0 Å². The van der Waals surface area contributed by atoms with Crippen LogP contribution in [0.3, 0.4) is 0 Å². The Morgan fingerprint density at radius 3 is 2.94 bits per heavy atom. The lowest BCUT2D eigenvalue weighted by atomic mass is 9.79. The molecule has 11 heteroatoms. The fourth-order valence-electron chi connectivity index (χ4n) is 5.15. The molecule has 2 fully saturated rings. The van der Waals surface area contributed by atoms with E-state index >= 15 is 0 Å². The minimum atomic E-state index is -0.671. The van der Waals surface area contributed by atoms with Crippen molar-refractivity contribution in [2.24, 2.45) is 5.92 Å². The summed E-state index contributed by atoms with van der Waals surface area (Å²) in [6, 6.07) is 3.20. The van der Waals surface area contributed by atoms with E-state index in [0.717, 1.165) is 38.1 Å². The zero-order valence-electron chi connectivity index (χ0n) is 17.6. The number of hydrogen-bond donors (Lipinski definition) is 3. The van der Waals surface area contributed by atoms with Gasteiger partial charge < -0.3 is 9.88 Å². The van der Waals surface area contributed by atoms with Gasteiger partial charge in [0.2, 0.25) is 11.9 Å². The number of hydrogen-bond acceptors (Lipinski definition) is 7. The second-order valence-electron chi connectivity index (χ2n) is 8.87. The highest BCUT2D eigenvalue weighted by atomic mass is 19.1. The van der Waals surface area contributed by atoms with Gasteiger partial charge in [-0.15, -0.1) is 10.2 Å². The third kappa shape index (κ3) is 3.86. The van der Waals surface area contributed by atoms with Gasteiger partial charge in [-0.1, -0.05) is 6.42 Å². The molecule has 3 heterocycles. The van der Waals surface area contributed by atoms with E-state index in [9.17, 15) is 19.3 Å². The highest BCUT2D eigenvalue weighted by Crippen LogP contribution is 2.33. The summed E-state index contributed by atoms with van der Waals surface area (Å²) in [5.74, 6) is 0.409. The Labute approximate surface area is 184 Å². The Morgan fingerprint density at radius 1 is 1.22 bits per heavy atom. The number of nitrogens with zero attached hydrogens (tertiary/aromatic N) is 4. The summed E-state index contributed by atoms with van der Waals surface area (Å²) in [5, 5.41) is 22.5. The van der Waals surface area contributed by atoms with Gasteiger partial charge in [0.25, 0.3) is 0 Å². The number of carbonyl (C=O) groups is 1. The maximum Gasteiger partial charge on any atom is 0.243 e. The van der Waals surface area contributed by atoms with Crippen molar-refractivity contribution in [1.82, 2.24) is 25.6 Å². The number of carbonyl (C=O) groups excluding carboxylic acids is 1. The molecule has 1 aliphatic carbocycles. The summed E-state index contributed by atoms with van der Waals surface area (Å²) in [7, 11) is 0. The number of rotatable bonds is 4. The second-order valence-corrected chi connectivity index (χ2v) is 8.87. The molecule has 5 rings (SSSR count). The third-order valence-electron chi connectivity index (χ3n) is 6.90. The standard InChI is InChI=1S/C21H26FN7O3/c22-15-7-5-12(20-27-25-18-4-2-1-3-9-28(18)20)10-17(15)23-21(30)19-14-11-13(29(31)32)6-8-16(14)24-26-19/h5,7,10,13-14,16,19,24,26H,1-4,6,8-9,11H2,(H,23,30). The van der Waals surface area contributed by atoms with Gasteiger partial charge in [0, 0.05) is 48.3 Å². The van der Waals surface area contributed by atoms with Crippen LogP contribution in [0.5, 0.6) is 0 Å². The Bertz CT molecular complexity index is 1040. The van der Waals surface area contributed by atoms with E-state index in [1.807, 2.05) is 0 Å². The van der Waals surface area contributed by atoms with Crippen molar-refractivity contribution in [2.75, 3.05) is 5.32 Å². The first-order valence-electron chi connectivity index (χ1n) is 11.2. The van der Waals surface area contributed by atoms with Gasteiger partial charge in [0.05, 0.1) is 5.69 Å². The molecule has 1 amide bonds. The number of anilines is 1. The van der Waals surface area contributed by atoms with Crippen LogP contribution in [0.15, 0.2) is 18.2 Å². The molecule has 3 aliphatic rings. The Balaban J connectivity index is 1.35. The van der Waals surface area contributed by atoms with Gasteiger partial charge in [-0.3, -0.25) is 20.3 Å². The van der Waals surface area contributed by atoms with Gasteiger partial charge in [0.15, 0.2) is 5.82 Å². The third-order valence-corrected chi connectivity index (χ3v) is 6.90. The van der Waals surface area contributed by atoms with Crippen LogP contribution in [-0.2, 0) is 17.8 Å². The van der Waals surface area contributed by atoms with Crippen LogP contribution in [0, 0.1) is 21.8 Å². The molecule has 1 saturated carbocycles. The molecule has 0 bridgehead atoms. The molecule has 4 unspecified atom stereocenters. The molecule has 2 aromatic rings. The number of amides is 1. The molecule has 10 nitrogen and oxygen atoms in total. The number of fused-ring (bicyclic) bond motifs is 2. The van der Waals surface area contributed by atoms with Crippen molar-refractivity contribution >= 4 is 11.6 Å². The summed E-state index contributed by atoms with van der Waals surface area (Å²) < 4.78 is 16.6. The number of nitro groups is 1. The first-order valence-corrected chi connectivity index (χ1v) is 11.2. The van der Waals surface area contributed by atoms with Gasteiger partial charge in [-0.2, -0.15) is 0 Å². The number of nitrogens with one attached hydrogen (secondary N) is 3. The zero-order chi connectivity index (χ0) is 22.2. The Kier molecular flexibility index (Phi) is 5.60. The molecule has 3 N–H and O–H groups in total. The van der Waals surface area contributed by atoms with Crippen LogP contribution < -0.4 is 16.2 Å². The SMILES string of the molecule is O=C(Nc1cc(-c2nnc3n2CCCCC3)ccc1F)C1NNC2CCC([N+](=O)[O-])CC21. The lowest BCUT2D eigenvalue weighted by Gasteiger charge is -2.28. The number of aryl methyl sites for hydroxylation is 1. The highest BCUT2D eigenvalue weighted by Gasteiger charge is 2.46. The lowest BCUT2D eigenvalue weighted by Crippen LogP contribution is -2.44. The molecule has 4 atom stereocenters. The van der Waals surface area contributed by atoms with Gasteiger partial charge in [-0.25, -0.2) is 9.82 Å². The van der Waals surface area contributed by atoms with Gasteiger partial charge in [0.1, 0.15) is 17.7 Å². The quantitative estimate of drug-likeness (QED) is 0.487. The highest BCUT2D eigenvalue weighted by molar-refractivity contribution is 5.96. The van der Waals surface area contributed by atoms with Gasteiger partial charge >= 0.3 is 0 Å². The molecule has 2 aliphatic heterocycles. The van der Waals surface area contributed by atoms with E-state index < -0.39 is 23.8 Å². The van der Waals surface area contributed by atoms with Crippen LogP contribution in [-0.4, -0.2) is 43.7 Å². The van der Waals surface area contributed by atoms with Crippen molar-refractivity contribution in [2.45, 2.75) is 69.6 Å². The molecular weight excluding hydrogens is 417 g/mol. The summed E-state index contributed by atoms with van der Waals surface area (Å²) in [6.45, 7) is 0.815. The Hall–Kier alpha value is -2.92. The molecule has 32 heavy (non-hydrogen) atoms. The number of hydrazine groups is 1. The van der Waals surface area contributed by atoms with E-state index in [0.29, 0.717) is 30.7 Å². The fraction of sp³-hybridized carbons (Fsp3) is 0.571. The minimum Gasteiger partial charge on any atom is -0.322 e. The van der Waals surface area contributed by atoms with Crippen molar-refractivity contribution < 1.29 is 14.1 Å². The average Bonchev–Trinajstić information content (AvgIpc) is 3.32. The summed E-state index contributed by atoms with van der Waals surface area (Å²) in [6.07, 6.45) is 5.53. The molecule has 170 valence electrons. The Morgan fingerprint density at radius 2 is 2.09 bits per heavy atom. The van der Waals surface area contributed by atoms with Crippen molar-refractivity contribution in [1.29, 1.82) is 0 Å². The van der Waals surface area contributed by atoms with E-state index in [2.05, 4.69) is 30.9 Å². The molecule has 0 spiro atoms. The van der Waals surface area contributed by atoms with E-state index in [4.69, 9.17) is 0 Å². The van der Waals surface area contributed by atoms with Gasteiger partial charge in [-0.05, 0) is 37.5 Å². The molecule has 1 aromatic carbocycles. The largest absolute Gasteiger partial charge is 0.322 e. The van der Waals surface area contributed by atoms with Crippen LogP contribution in [0.4, 0.5) is 10.1 Å². The van der Waals surface area contributed by atoms with Crippen molar-refractivity contribution in [3.8, 4) is 11.4 Å². The summed E-state index contributed by atoms with van der Waals surface area (Å²) in [5.41, 5.74) is 6.77. The van der Waals surface area contributed by atoms with E-state index in [-0.39, 0.29) is 22.6 Å². The number of benzene rings is 1. The summed E-state index contributed by atoms with van der Waals surface area (Å²) >= 11 is 0. The monoisotopic (exact) mass is 443 g/mol. The maximum absolute atomic E-state index is 14.6. The smallest absolute Gasteiger partial charge is 0.243 e. The first-order chi connectivity index (χ1) is 15.5. The van der Waals surface area contributed by atoms with Crippen molar-refractivity contribution in [3.63, 3.8) is 0 Å². The summed E-state index contributed by atoms with van der Waals surface area (Å²) in [4.78, 5) is 24.0.